The summed E-state index contributed by atoms with van der Waals surface area (Å²) >= 11 is 3.43. The Kier molecular flexibility index (Phi) is 14.7. The van der Waals surface area contributed by atoms with Gasteiger partial charge in [0.2, 0.25) is 6.41 Å². The van der Waals surface area contributed by atoms with Crippen molar-refractivity contribution < 1.29 is 9.90 Å². The molecule has 4 rings (SSSR count). The van der Waals surface area contributed by atoms with Gasteiger partial charge in [-0.3, -0.25) is 14.8 Å². The second-order valence-corrected chi connectivity index (χ2v) is 10.5. The minimum Gasteiger partial charge on any atom is -0.507 e. The predicted molar refractivity (Wildman–Crippen MR) is 183 cm³/mol. The Labute approximate surface area is 258 Å². The first-order valence-electron chi connectivity index (χ1n) is 13.7. The van der Waals surface area contributed by atoms with Crippen LogP contribution in [0.25, 0.3) is 10.8 Å². The summed E-state index contributed by atoms with van der Waals surface area (Å²) in [5, 5.41) is 12.7. The number of aryl methyl sites for hydroxylation is 1. The van der Waals surface area contributed by atoms with Crippen LogP contribution in [-0.2, 0) is 17.6 Å². The van der Waals surface area contributed by atoms with Crippen molar-refractivity contribution in [1.82, 2.24) is 0 Å². The van der Waals surface area contributed by atoms with Crippen molar-refractivity contribution in [3.05, 3.63) is 135 Å². The lowest BCUT2D eigenvalue weighted by atomic mass is 9.98. The summed E-state index contributed by atoms with van der Waals surface area (Å²) in [5.41, 5.74) is 11.7. The number of halogens is 1. The van der Waals surface area contributed by atoms with E-state index in [2.05, 4.69) is 105 Å². The van der Waals surface area contributed by atoms with E-state index in [1.54, 1.807) is 25.4 Å². The number of nitrogens with two attached hydrogens (primary N) is 1. The molecule has 6 heteroatoms. The van der Waals surface area contributed by atoms with Crippen molar-refractivity contribution in [1.29, 1.82) is 0 Å². The lowest BCUT2D eigenvalue weighted by Crippen LogP contribution is -1.99. The second kappa shape index (κ2) is 18.2. The molecule has 0 heterocycles. The van der Waals surface area contributed by atoms with Gasteiger partial charge in [-0.15, -0.1) is 0 Å². The third kappa shape index (κ3) is 10.9. The summed E-state index contributed by atoms with van der Waals surface area (Å²) in [6, 6.07) is 31.3. The second-order valence-electron chi connectivity index (χ2n) is 9.68. The number of primary amides is 1. The van der Waals surface area contributed by atoms with Gasteiger partial charge >= 0.3 is 0 Å². The van der Waals surface area contributed by atoms with E-state index in [1.807, 2.05) is 39.0 Å². The molecule has 0 spiro atoms. The maximum absolute atomic E-state index is 9.98. The highest BCUT2D eigenvalue weighted by Crippen LogP contribution is 2.22. The number of hydrogen-bond donors (Lipinski definition) is 2. The van der Waals surface area contributed by atoms with E-state index in [0.717, 1.165) is 34.3 Å². The van der Waals surface area contributed by atoms with Gasteiger partial charge in [-0.2, -0.15) is 0 Å². The van der Waals surface area contributed by atoms with E-state index in [9.17, 15) is 5.11 Å². The molecule has 218 valence electrons. The Morgan fingerprint density at radius 1 is 0.881 bits per heavy atom. The van der Waals surface area contributed by atoms with Crippen LogP contribution in [0.5, 0.6) is 5.75 Å². The van der Waals surface area contributed by atoms with E-state index in [1.165, 1.54) is 27.5 Å². The van der Waals surface area contributed by atoms with Crippen LogP contribution < -0.4 is 5.73 Å². The fourth-order valence-electron chi connectivity index (χ4n) is 4.13. The number of allylic oxidation sites excluding steroid dienone is 4. The number of fused-ring (bicyclic) bond motifs is 1. The Balaban J connectivity index is 0.000000269. The minimum absolute atomic E-state index is 0.219. The van der Waals surface area contributed by atoms with E-state index < -0.39 is 0 Å². The van der Waals surface area contributed by atoms with Crippen molar-refractivity contribution in [3.63, 3.8) is 0 Å². The van der Waals surface area contributed by atoms with Gasteiger partial charge in [0.15, 0.2) is 0 Å². The standard InChI is InChI=1S/C19H18.C16H19BrN2O.CH3NO/c1-2-15-10-12-16(13-11-15)14-18-8-5-7-17-6-3-4-9-19(17)18;1-11(2)9-15(13-7-5-6-8-16(13)20)19-12(3)14(17)10-18-4;2-1-3/h3-13H,2,14H2,1H3;5-10,20H,1-4H3;1H,(H2,2,3)/b;14-12-,18-10?,19-15?;. The Bertz CT molecular complexity index is 1560. The monoisotopic (exact) mass is 625 g/mol. The molecule has 4 aromatic carbocycles. The summed E-state index contributed by atoms with van der Waals surface area (Å²) in [6.07, 6.45) is 6.01. The van der Waals surface area contributed by atoms with Gasteiger partial charge in [-0.25, -0.2) is 0 Å². The first-order valence-corrected chi connectivity index (χ1v) is 14.5. The average molecular weight is 627 g/mol. The number of aliphatic imine (C=N–C) groups is 2. The topological polar surface area (TPSA) is 88.0 Å². The smallest absolute Gasteiger partial charge is 0.204 e. The molecule has 5 nitrogen and oxygen atoms in total. The fraction of sp³-hybridized carbons (Fsp3) is 0.194. The average Bonchev–Trinajstić information content (AvgIpc) is 2.98. The van der Waals surface area contributed by atoms with Gasteiger partial charge in [-0.05, 0) is 95.2 Å². The molecule has 0 radical (unpaired) electrons. The van der Waals surface area contributed by atoms with Crippen LogP contribution in [0.1, 0.15) is 49.9 Å². The SMILES string of the molecule is CCc1ccc(Cc2cccc3ccccc23)cc1.CN=C/C(Br)=C(\C)N=C(C=C(C)C)c1ccccc1O.NC=O. The third-order valence-corrected chi connectivity index (χ3v) is 6.97. The third-order valence-electron chi connectivity index (χ3n) is 6.19. The van der Waals surface area contributed by atoms with Crippen LogP contribution in [0.3, 0.4) is 0 Å². The molecule has 3 N–H and O–H groups in total. The molecule has 0 unspecified atom stereocenters. The first-order chi connectivity index (χ1) is 20.2. The number of nitrogens with zero attached hydrogens (tertiary/aromatic N) is 2. The van der Waals surface area contributed by atoms with Gasteiger partial charge in [-0.1, -0.05) is 91.4 Å². The van der Waals surface area contributed by atoms with Gasteiger partial charge in [0.1, 0.15) is 5.75 Å². The molecular formula is C36H40BrN3O2. The Morgan fingerprint density at radius 2 is 1.48 bits per heavy atom. The van der Waals surface area contributed by atoms with Crippen LogP contribution >= 0.6 is 15.9 Å². The van der Waals surface area contributed by atoms with E-state index in [0.29, 0.717) is 5.56 Å². The maximum Gasteiger partial charge on any atom is 0.204 e. The first kappa shape index (κ1) is 33.9. The van der Waals surface area contributed by atoms with Gasteiger partial charge in [0, 0.05) is 18.8 Å². The van der Waals surface area contributed by atoms with Crippen LogP contribution in [0.2, 0.25) is 0 Å². The molecule has 0 saturated heterocycles. The molecule has 0 atom stereocenters. The number of benzene rings is 4. The van der Waals surface area contributed by atoms with E-state index >= 15 is 0 Å². The van der Waals surface area contributed by atoms with Gasteiger partial charge in [0.25, 0.3) is 0 Å². The molecule has 42 heavy (non-hydrogen) atoms. The zero-order valence-corrected chi connectivity index (χ0v) is 26.6. The lowest BCUT2D eigenvalue weighted by molar-refractivity contribution is -0.106. The maximum atomic E-state index is 9.98. The summed E-state index contributed by atoms with van der Waals surface area (Å²) < 4.78 is 0.815. The summed E-state index contributed by atoms with van der Waals surface area (Å²) in [5.74, 6) is 0.219. The van der Waals surface area contributed by atoms with Crippen molar-refractivity contribution in [2.24, 2.45) is 15.7 Å². The molecule has 0 bridgehead atoms. The quantitative estimate of drug-likeness (QED) is 0.159. The fourth-order valence-corrected chi connectivity index (χ4v) is 4.43. The molecule has 0 aromatic heterocycles. The van der Waals surface area contributed by atoms with Crippen molar-refractivity contribution in [3.8, 4) is 5.75 Å². The highest BCUT2D eigenvalue weighted by molar-refractivity contribution is 9.12. The number of hydrogen-bond acceptors (Lipinski definition) is 4. The minimum atomic E-state index is 0.219. The molecule has 4 aromatic rings. The van der Waals surface area contributed by atoms with Crippen molar-refractivity contribution in [2.75, 3.05) is 7.05 Å². The van der Waals surface area contributed by atoms with Crippen molar-refractivity contribution >= 4 is 45.0 Å². The molecule has 0 aliphatic rings. The van der Waals surface area contributed by atoms with E-state index in [4.69, 9.17) is 4.79 Å². The number of carbonyl (C=O) groups excluding carboxylic acids is 1. The summed E-state index contributed by atoms with van der Waals surface area (Å²) in [7, 11) is 1.71. The Morgan fingerprint density at radius 3 is 2.10 bits per heavy atom. The van der Waals surface area contributed by atoms with Crippen molar-refractivity contribution in [2.45, 2.75) is 40.5 Å². The molecular weight excluding hydrogens is 586 g/mol. The zero-order chi connectivity index (χ0) is 30.9. The molecule has 0 aliphatic carbocycles. The number of phenols is 1. The number of phenolic OH excluding ortho intramolecular Hbond substituents is 1. The number of amides is 1. The predicted octanol–water partition coefficient (Wildman–Crippen LogP) is 8.57. The summed E-state index contributed by atoms with van der Waals surface area (Å²) in [4.78, 5) is 17.1. The zero-order valence-electron chi connectivity index (χ0n) is 25.0. The van der Waals surface area contributed by atoms with Gasteiger partial charge < -0.3 is 10.8 Å². The van der Waals surface area contributed by atoms with Crippen LogP contribution in [-0.4, -0.2) is 30.5 Å². The molecule has 0 aliphatic heterocycles. The lowest BCUT2D eigenvalue weighted by Gasteiger charge is -2.07. The highest BCUT2D eigenvalue weighted by Gasteiger charge is 2.07. The van der Waals surface area contributed by atoms with Crippen LogP contribution in [0.15, 0.2) is 123 Å². The van der Waals surface area contributed by atoms with E-state index in [-0.39, 0.29) is 12.2 Å². The summed E-state index contributed by atoms with van der Waals surface area (Å²) in [6.45, 7) is 8.08. The molecule has 0 fully saturated rings. The molecule has 0 saturated carbocycles. The molecule has 1 amide bonds. The van der Waals surface area contributed by atoms with Gasteiger partial charge in [0.05, 0.1) is 15.9 Å². The normalized spacial score (nSPS) is 11.5. The highest BCUT2D eigenvalue weighted by atomic mass is 79.9. The number of carbonyl (C=O) groups is 1. The number of rotatable bonds is 7. The number of aromatic hydroxyl groups is 1. The Hall–Kier alpha value is -4.29. The largest absolute Gasteiger partial charge is 0.507 e. The number of para-hydroxylation sites is 1. The van der Waals surface area contributed by atoms with Crippen LogP contribution in [0, 0.1) is 0 Å². The van der Waals surface area contributed by atoms with Crippen LogP contribution in [0.4, 0.5) is 0 Å².